The smallest absolute Gasteiger partial charge is 0.251 e. The molecule has 0 aliphatic heterocycles. The van der Waals surface area contributed by atoms with Gasteiger partial charge in [-0.1, -0.05) is 17.7 Å². The first-order chi connectivity index (χ1) is 10.3. The average molecular weight is 340 g/mol. The van der Waals surface area contributed by atoms with Crippen LogP contribution in [0.15, 0.2) is 42.7 Å². The number of sulfonamides is 1. The van der Waals surface area contributed by atoms with Crippen molar-refractivity contribution in [3.8, 4) is 0 Å². The second-order valence-electron chi connectivity index (χ2n) is 4.61. The lowest BCUT2D eigenvalue weighted by atomic mass is 10.2. The SMILES string of the molecule is CS(=O)(=O)Nc1cc(C(=O)NCc2cccnc2)ccc1Cl. The summed E-state index contributed by atoms with van der Waals surface area (Å²) in [5, 5.41) is 2.94. The van der Waals surface area contributed by atoms with Crippen LogP contribution in [-0.4, -0.2) is 25.6 Å². The topological polar surface area (TPSA) is 88.2 Å². The second kappa shape index (κ2) is 6.76. The zero-order valence-electron chi connectivity index (χ0n) is 11.7. The molecule has 0 bridgehead atoms. The van der Waals surface area contributed by atoms with E-state index in [1.807, 2.05) is 6.07 Å². The van der Waals surface area contributed by atoms with Gasteiger partial charge in [0.1, 0.15) is 0 Å². The van der Waals surface area contributed by atoms with Crippen molar-refractivity contribution in [3.05, 3.63) is 58.9 Å². The van der Waals surface area contributed by atoms with E-state index in [1.54, 1.807) is 18.5 Å². The largest absolute Gasteiger partial charge is 0.348 e. The quantitative estimate of drug-likeness (QED) is 0.872. The fourth-order valence-electron chi connectivity index (χ4n) is 1.73. The number of rotatable bonds is 5. The van der Waals surface area contributed by atoms with Crippen LogP contribution < -0.4 is 10.0 Å². The number of amides is 1. The van der Waals surface area contributed by atoms with E-state index < -0.39 is 10.0 Å². The number of nitrogens with one attached hydrogen (secondary N) is 2. The molecule has 0 spiro atoms. The number of aromatic nitrogens is 1. The molecule has 1 amide bonds. The molecule has 0 fully saturated rings. The van der Waals surface area contributed by atoms with Gasteiger partial charge in [-0.25, -0.2) is 8.42 Å². The first-order valence-corrected chi connectivity index (χ1v) is 8.56. The summed E-state index contributed by atoms with van der Waals surface area (Å²) in [5.41, 5.74) is 1.33. The van der Waals surface area contributed by atoms with Gasteiger partial charge in [0.05, 0.1) is 17.0 Å². The summed E-state index contributed by atoms with van der Waals surface area (Å²) >= 11 is 5.91. The van der Waals surface area contributed by atoms with E-state index in [-0.39, 0.29) is 16.6 Å². The van der Waals surface area contributed by atoms with E-state index in [0.717, 1.165) is 11.8 Å². The van der Waals surface area contributed by atoms with Crippen molar-refractivity contribution in [3.63, 3.8) is 0 Å². The lowest BCUT2D eigenvalue weighted by Crippen LogP contribution is -2.23. The third kappa shape index (κ3) is 4.71. The van der Waals surface area contributed by atoms with Gasteiger partial charge < -0.3 is 5.32 Å². The number of hydrogen-bond acceptors (Lipinski definition) is 4. The van der Waals surface area contributed by atoms with Crippen LogP contribution >= 0.6 is 11.6 Å². The van der Waals surface area contributed by atoms with Crippen LogP contribution in [0.2, 0.25) is 5.02 Å². The van der Waals surface area contributed by atoms with Crippen LogP contribution in [0.4, 0.5) is 5.69 Å². The van der Waals surface area contributed by atoms with E-state index in [1.165, 1.54) is 18.2 Å². The monoisotopic (exact) mass is 339 g/mol. The summed E-state index contributed by atoms with van der Waals surface area (Å²) < 4.78 is 24.8. The lowest BCUT2D eigenvalue weighted by Gasteiger charge is -2.09. The summed E-state index contributed by atoms with van der Waals surface area (Å²) in [6, 6.07) is 7.99. The number of halogens is 1. The van der Waals surface area contributed by atoms with Gasteiger partial charge in [0.25, 0.3) is 5.91 Å². The van der Waals surface area contributed by atoms with Gasteiger partial charge in [-0.05, 0) is 29.8 Å². The zero-order chi connectivity index (χ0) is 16.2. The van der Waals surface area contributed by atoms with E-state index >= 15 is 0 Å². The maximum atomic E-state index is 12.1. The highest BCUT2D eigenvalue weighted by atomic mass is 35.5. The molecule has 0 aliphatic carbocycles. The highest BCUT2D eigenvalue weighted by Crippen LogP contribution is 2.23. The van der Waals surface area contributed by atoms with Gasteiger partial charge >= 0.3 is 0 Å². The second-order valence-corrected chi connectivity index (χ2v) is 6.77. The molecule has 2 aromatic rings. The summed E-state index contributed by atoms with van der Waals surface area (Å²) in [5.74, 6) is -0.336. The molecule has 116 valence electrons. The van der Waals surface area contributed by atoms with Crippen molar-refractivity contribution in [2.75, 3.05) is 11.0 Å². The summed E-state index contributed by atoms with van der Waals surface area (Å²) in [7, 11) is -3.47. The van der Waals surface area contributed by atoms with Crippen LogP contribution in [0.3, 0.4) is 0 Å². The molecule has 0 atom stereocenters. The van der Waals surface area contributed by atoms with Crippen molar-refractivity contribution in [2.24, 2.45) is 0 Å². The number of carbonyl (C=O) groups is 1. The molecule has 0 radical (unpaired) electrons. The molecule has 22 heavy (non-hydrogen) atoms. The molecular formula is C14H14ClN3O3S. The highest BCUT2D eigenvalue weighted by molar-refractivity contribution is 7.92. The first-order valence-electron chi connectivity index (χ1n) is 6.29. The van der Waals surface area contributed by atoms with E-state index in [9.17, 15) is 13.2 Å². The Labute approximate surface area is 133 Å². The van der Waals surface area contributed by atoms with Crippen LogP contribution in [-0.2, 0) is 16.6 Å². The predicted molar refractivity (Wildman–Crippen MR) is 85.3 cm³/mol. The third-order valence-corrected chi connectivity index (χ3v) is 3.62. The number of benzene rings is 1. The Morgan fingerprint density at radius 2 is 2.09 bits per heavy atom. The number of carbonyl (C=O) groups excluding carboxylic acids is 1. The average Bonchev–Trinajstić information content (AvgIpc) is 2.47. The Bertz CT molecular complexity index is 779. The van der Waals surface area contributed by atoms with Gasteiger partial charge in [0.2, 0.25) is 10.0 Å². The summed E-state index contributed by atoms with van der Waals surface area (Å²) in [4.78, 5) is 16.1. The summed E-state index contributed by atoms with van der Waals surface area (Å²) in [6.45, 7) is 0.324. The highest BCUT2D eigenvalue weighted by Gasteiger charge is 2.11. The predicted octanol–water partition coefficient (Wildman–Crippen LogP) is 2.04. The molecule has 0 unspecified atom stereocenters. The van der Waals surface area contributed by atoms with Gasteiger partial charge in [-0.2, -0.15) is 0 Å². The molecule has 8 heteroatoms. The number of nitrogens with zero attached hydrogens (tertiary/aromatic N) is 1. The minimum atomic E-state index is -3.47. The van der Waals surface area contributed by atoms with E-state index in [0.29, 0.717) is 12.1 Å². The molecule has 1 aromatic carbocycles. The van der Waals surface area contributed by atoms with Crippen molar-refractivity contribution in [1.29, 1.82) is 0 Å². The minimum absolute atomic E-state index is 0.165. The molecule has 1 aromatic heterocycles. The number of pyridine rings is 1. The fraction of sp³-hybridized carbons (Fsp3) is 0.143. The van der Waals surface area contributed by atoms with Gasteiger partial charge in [0, 0.05) is 24.5 Å². The standard InChI is InChI=1S/C14H14ClN3O3S/c1-22(20,21)18-13-7-11(4-5-12(13)15)14(19)17-9-10-3-2-6-16-8-10/h2-8,18H,9H2,1H3,(H,17,19). The molecule has 1 heterocycles. The molecule has 0 saturated carbocycles. The Morgan fingerprint density at radius 3 is 2.73 bits per heavy atom. The molecule has 2 N–H and O–H groups in total. The van der Waals surface area contributed by atoms with E-state index in [2.05, 4.69) is 15.0 Å². The van der Waals surface area contributed by atoms with Crippen LogP contribution in [0.1, 0.15) is 15.9 Å². The van der Waals surface area contributed by atoms with Crippen molar-refractivity contribution in [2.45, 2.75) is 6.54 Å². The Balaban J connectivity index is 2.11. The lowest BCUT2D eigenvalue weighted by molar-refractivity contribution is 0.0951. The maximum absolute atomic E-state index is 12.1. The first kappa shape index (κ1) is 16.3. The molecular weight excluding hydrogens is 326 g/mol. The van der Waals surface area contributed by atoms with Gasteiger partial charge in [0.15, 0.2) is 0 Å². The molecule has 0 saturated heterocycles. The fourth-order valence-corrected chi connectivity index (χ4v) is 2.52. The van der Waals surface area contributed by atoms with Crippen molar-refractivity contribution in [1.82, 2.24) is 10.3 Å². The molecule has 2 rings (SSSR count). The minimum Gasteiger partial charge on any atom is -0.348 e. The normalized spacial score (nSPS) is 11.0. The third-order valence-electron chi connectivity index (χ3n) is 2.70. The number of hydrogen-bond donors (Lipinski definition) is 2. The maximum Gasteiger partial charge on any atom is 0.251 e. The molecule has 6 nitrogen and oxygen atoms in total. The Kier molecular flexibility index (Phi) is 4.99. The van der Waals surface area contributed by atoms with Crippen LogP contribution in [0.5, 0.6) is 0 Å². The van der Waals surface area contributed by atoms with Crippen molar-refractivity contribution >= 4 is 33.2 Å². The van der Waals surface area contributed by atoms with Crippen molar-refractivity contribution < 1.29 is 13.2 Å². The number of anilines is 1. The Hall–Kier alpha value is -2.12. The van der Waals surface area contributed by atoms with Crippen LogP contribution in [0, 0.1) is 0 Å². The van der Waals surface area contributed by atoms with Gasteiger partial charge in [-0.15, -0.1) is 0 Å². The van der Waals surface area contributed by atoms with E-state index in [4.69, 9.17) is 11.6 Å². The zero-order valence-corrected chi connectivity index (χ0v) is 13.3. The van der Waals surface area contributed by atoms with Gasteiger partial charge in [-0.3, -0.25) is 14.5 Å². The van der Waals surface area contributed by atoms with Crippen LogP contribution in [0.25, 0.3) is 0 Å². The molecule has 0 aliphatic rings. The Morgan fingerprint density at radius 1 is 1.32 bits per heavy atom. The summed E-state index contributed by atoms with van der Waals surface area (Å²) in [6.07, 6.45) is 4.31.